The minimum atomic E-state index is 0.110. The monoisotopic (exact) mass is 435 g/mol. The van der Waals surface area contributed by atoms with Gasteiger partial charge in [0.05, 0.1) is 12.6 Å². The molecule has 2 aromatic carbocycles. The summed E-state index contributed by atoms with van der Waals surface area (Å²) in [6.45, 7) is 6.00. The van der Waals surface area contributed by atoms with Crippen molar-refractivity contribution in [3.8, 4) is 11.5 Å². The maximum absolute atomic E-state index is 6.42. The van der Waals surface area contributed by atoms with Crippen LogP contribution in [-0.4, -0.2) is 54.3 Å². The molecular weight excluding hydrogens is 402 g/mol. The second-order valence-electron chi connectivity index (χ2n) is 8.32. The van der Waals surface area contributed by atoms with Crippen molar-refractivity contribution in [3.05, 3.63) is 54.4 Å². The largest absolute Gasteiger partial charge is 0.493 e. The van der Waals surface area contributed by atoms with Crippen LogP contribution in [0.4, 0.5) is 5.82 Å². The van der Waals surface area contributed by atoms with Crippen LogP contribution in [0.15, 0.2) is 48.8 Å². The number of piperidine rings is 1. The van der Waals surface area contributed by atoms with Crippen molar-refractivity contribution < 1.29 is 9.47 Å². The third-order valence-electron chi connectivity index (χ3n) is 6.08. The van der Waals surface area contributed by atoms with E-state index < -0.39 is 0 Å². The minimum Gasteiger partial charge on any atom is -0.493 e. The molecule has 0 saturated carbocycles. The van der Waals surface area contributed by atoms with Crippen LogP contribution in [-0.2, 0) is 0 Å². The first-order valence-corrected chi connectivity index (χ1v) is 11.4. The van der Waals surface area contributed by atoms with Crippen molar-refractivity contribution in [3.63, 3.8) is 0 Å². The van der Waals surface area contributed by atoms with E-state index >= 15 is 0 Å². The second-order valence-corrected chi connectivity index (χ2v) is 8.32. The lowest BCUT2D eigenvalue weighted by Crippen LogP contribution is -2.39. The van der Waals surface area contributed by atoms with Gasteiger partial charge in [-0.1, -0.05) is 30.3 Å². The summed E-state index contributed by atoms with van der Waals surface area (Å²) in [5.41, 5.74) is 7.67. The van der Waals surface area contributed by atoms with Gasteiger partial charge in [0, 0.05) is 30.6 Å². The highest BCUT2D eigenvalue weighted by Gasteiger charge is 2.22. The van der Waals surface area contributed by atoms with E-state index in [1.54, 1.807) is 13.4 Å². The van der Waals surface area contributed by atoms with Gasteiger partial charge in [-0.3, -0.25) is 0 Å². The predicted molar refractivity (Wildman–Crippen MR) is 128 cm³/mol. The number of aromatic nitrogens is 2. The SMILES string of the molecule is COc1cc2ncnc(N[C@H](C)c3ccccc3)c2cc1OC1CCN(CCCN)CC1. The van der Waals surface area contributed by atoms with Gasteiger partial charge >= 0.3 is 0 Å². The number of rotatable bonds is 9. The highest BCUT2D eigenvalue weighted by Crippen LogP contribution is 2.36. The molecule has 7 nitrogen and oxygen atoms in total. The first-order chi connectivity index (χ1) is 15.7. The van der Waals surface area contributed by atoms with Crippen molar-refractivity contribution >= 4 is 16.7 Å². The van der Waals surface area contributed by atoms with Gasteiger partial charge in [-0.25, -0.2) is 9.97 Å². The number of hydrogen-bond acceptors (Lipinski definition) is 7. The number of nitrogens with two attached hydrogens (primary N) is 1. The normalized spacial score (nSPS) is 16.1. The summed E-state index contributed by atoms with van der Waals surface area (Å²) in [4.78, 5) is 11.4. The van der Waals surface area contributed by atoms with Gasteiger partial charge in [-0.15, -0.1) is 0 Å². The highest BCUT2D eigenvalue weighted by atomic mass is 16.5. The first-order valence-electron chi connectivity index (χ1n) is 11.4. The zero-order valence-electron chi connectivity index (χ0n) is 19.0. The van der Waals surface area contributed by atoms with E-state index in [1.807, 2.05) is 30.3 Å². The third kappa shape index (κ3) is 5.29. The zero-order chi connectivity index (χ0) is 22.3. The van der Waals surface area contributed by atoms with E-state index in [9.17, 15) is 0 Å². The van der Waals surface area contributed by atoms with Crippen molar-refractivity contribution in [2.45, 2.75) is 38.3 Å². The molecule has 0 spiro atoms. The Kier molecular flexibility index (Phi) is 7.39. The van der Waals surface area contributed by atoms with E-state index in [0.29, 0.717) is 5.75 Å². The van der Waals surface area contributed by atoms with Gasteiger partial charge in [-0.2, -0.15) is 0 Å². The fraction of sp³-hybridized carbons (Fsp3) is 0.440. The molecular formula is C25H33N5O2. The van der Waals surface area contributed by atoms with Crippen molar-refractivity contribution in [1.29, 1.82) is 0 Å². The van der Waals surface area contributed by atoms with Crippen LogP contribution < -0.4 is 20.5 Å². The lowest BCUT2D eigenvalue weighted by atomic mass is 10.1. The average Bonchev–Trinajstić information content (AvgIpc) is 2.84. The molecule has 1 atom stereocenters. The van der Waals surface area contributed by atoms with Crippen molar-refractivity contribution in [2.75, 3.05) is 38.6 Å². The van der Waals surface area contributed by atoms with Gasteiger partial charge in [0.1, 0.15) is 18.2 Å². The van der Waals surface area contributed by atoms with E-state index in [4.69, 9.17) is 15.2 Å². The first kappa shape index (κ1) is 22.3. The minimum absolute atomic E-state index is 0.110. The fourth-order valence-corrected chi connectivity index (χ4v) is 4.21. The maximum Gasteiger partial charge on any atom is 0.162 e. The maximum atomic E-state index is 6.42. The number of nitrogens with zero attached hydrogens (tertiary/aromatic N) is 3. The molecule has 1 saturated heterocycles. The molecule has 32 heavy (non-hydrogen) atoms. The van der Waals surface area contributed by atoms with Gasteiger partial charge in [0.2, 0.25) is 0 Å². The summed E-state index contributed by atoms with van der Waals surface area (Å²) in [5, 5.41) is 4.45. The topological polar surface area (TPSA) is 85.5 Å². The molecule has 3 aromatic rings. The predicted octanol–water partition coefficient (Wildman–Crippen LogP) is 4.00. The second kappa shape index (κ2) is 10.6. The molecule has 2 heterocycles. The van der Waals surface area contributed by atoms with Crippen LogP contribution >= 0.6 is 0 Å². The number of methoxy groups -OCH3 is 1. The van der Waals surface area contributed by atoms with Gasteiger partial charge in [-0.05, 0) is 50.9 Å². The molecule has 0 aliphatic carbocycles. The standard InChI is InChI=1S/C25H33N5O2/c1-18(19-7-4-3-5-8-19)29-25-21-15-24(23(31-2)16-22(21)27-17-28-25)32-20-9-13-30(14-10-20)12-6-11-26/h3-5,7-8,15-18,20H,6,9-14,26H2,1-2H3,(H,27,28,29)/t18-/m1/s1. The van der Waals surface area contributed by atoms with Crippen LogP contribution in [0.3, 0.4) is 0 Å². The Hall–Kier alpha value is -2.90. The fourth-order valence-electron chi connectivity index (χ4n) is 4.21. The smallest absolute Gasteiger partial charge is 0.162 e. The van der Waals surface area contributed by atoms with Crippen molar-refractivity contribution in [1.82, 2.24) is 14.9 Å². The van der Waals surface area contributed by atoms with E-state index in [0.717, 1.165) is 67.9 Å². The summed E-state index contributed by atoms with van der Waals surface area (Å²) < 4.78 is 12.1. The quantitative estimate of drug-likeness (QED) is 0.525. The summed E-state index contributed by atoms with van der Waals surface area (Å²) in [7, 11) is 1.67. The molecule has 4 rings (SSSR count). The molecule has 7 heteroatoms. The lowest BCUT2D eigenvalue weighted by molar-refractivity contribution is 0.0978. The zero-order valence-corrected chi connectivity index (χ0v) is 19.0. The molecule has 1 fully saturated rings. The number of likely N-dealkylation sites (tertiary alicyclic amines) is 1. The highest BCUT2D eigenvalue weighted by molar-refractivity contribution is 5.91. The number of anilines is 1. The summed E-state index contributed by atoms with van der Waals surface area (Å²) in [6, 6.07) is 14.4. The molecule has 1 aliphatic heterocycles. The van der Waals surface area contributed by atoms with Gasteiger partial charge in [0.15, 0.2) is 11.5 Å². The van der Waals surface area contributed by atoms with Crippen LogP contribution in [0.1, 0.15) is 37.8 Å². The third-order valence-corrected chi connectivity index (χ3v) is 6.08. The number of benzene rings is 2. The molecule has 1 aromatic heterocycles. The Balaban J connectivity index is 1.53. The molecule has 0 unspecified atom stereocenters. The average molecular weight is 436 g/mol. The molecule has 0 amide bonds. The number of hydrogen-bond donors (Lipinski definition) is 2. The number of fused-ring (bicyclic) bond motifs is 1. The van der Waals surface area contributed by atoms with Crippen LogP contribution in [0.2, 0.25) is 0 Å². The summed E-state index contributed by atoms with van der Waals surface area (Å²) >= 11 is 0. The van der Waals surface area contributed by atoms with Crippen molar-refractivity contribution in [2.24, 2.45) is 5.73 Å². The molecule has 170 valence electrons. The Bertz CT molecular complexity index is 1010. The van der Waals surface area contributed by atoms with E-state index in [1.165, 1.54) is 5.56 Å². The van der Waals surface area contributed by atoms with Gasteiger partial charge in [0.25, 0.3) is 0 Å². The van der Waals surface area contributed by atoms with E-state index in [2.05, 4.69) is 39.2 Å². The Labute approximate surface area is 189 Å². The van der Waals surface area contributed by atoms with E-state index in [-0.39, 0.29) is 12.1 Å². The van der Waals surface area contributed by atoms with Crippen LogP contribution in [0, 0.1) is 0 Å². The van der Waals surface area contributed by atoms with Crippen LogP contribution in [0.5, 0.6) is 11.5 Å². The number of nitrogens with one attached hydrogen (secondary N) is 1. The summed E-state index contributed by atoms with van der Waals surface area (Å²) in [5.74, 6) is 2.23. The summed E-state index contributed by atoms with van der Waals surface area (Å²) in [6.07, 6.45) is 4.78. The Morgan fingerprint density at radius 3 is 2.62 bits per heavy atom. The Morgan fingerprint density at radius 1 is 1.12 bits per heavy atom. The van der Waals surface area contributed by atoms with Gasteiger partial charge < -0.3 is 25.4 Å². The molecule has 1 aliphatic rings. The molecule has 0 radical (unpaired) electrons. The molecule has 0 bridgehead atoms. The lowest BCUT2D eigenvalue weighted by Gasteiger charge is -2.32. The Morgan fingerprint density at radius 2 is 1.91 bits per heavy atom. The molecule has 3 N–H and O–H groups in total. The van der Waals surface area contributed by atoms with Crippen LogP contribution in [0.25, 0.3) is 10.9 Å². The number of ether oxygens (including phenoxy) is 2.